The number of aliphatic hydroxyl groups is 1. The molecule has 4 aliphatic rings. The van der Waals surface area contributed by atoms with E-state index in [4.69, 9.17) is 9.97 Å². The quantitative estimate of drug-likeness (QED) is 0.700. The van der Waals surface area contributed by atoms with Crippen LogP contribution in [0.1, 0.15) is 25.0 Å². The van der Waals surface area contributed by atoms with Crippen molar-refractivity contribution in [3.63, 3.8) is 0 Å². The number of anilines is 3. The molecule has 1 aliphatic carbocycles. The Labute approximate surface area is 177 Å². The molecule has 158 valence electrons. The van der Waals surface area contributed by atoms with Crippen LogP contribution in [-0.4, -0.2) is 62.7 Å². The molecule has 1 aromatic heterocycles. The van der Waals surface area contributed by atoms with E-state index < -0.39 is 11.2 Å². The van der Waals surface area contributed by atoms with Gasteiger partial charge in [-0.1, -0.05) is 0 Å². The Morgan fingerprint density at radius 1 is 1.17 bits per heavy atom. The van der Waals surface area contributed by atoms with E-state index >= 15 is 0 Å². The van der Waals surface area contributed by atoms with E-state index in [9.17, 15) is 14.0 Å². The minimum absolute atomic E-state index is 0.0504. The van der Waals surface area contributed by atoms with Crippen LogP contribution in [0.5, 0.6) is 0 Å². The number of rotatable bonds is 5. The molecule has 0 amide bonds. The van der Waals surface area contributed by atoms with E-state index in [-0.39, 0.29) is 18.0 Å². The average molecular weight is 430 g/mol. The van der Waals surface area contributed by atoms with Crippen LogP contribution in [0, 0.1) is 5.82 Å². The molecule has 3 fully saturated rings. The summed E-state index contributed by atoms with van der Waals surface area (Å²) in [6.45, 7) is 1.72. The number of hydrogen-bond acceptors (Lipinski definition) is 7. The Bertz CT molecular complexity index is 986. The second-order valence-electron chi connectivity index (χ2n) is 8.84. The van der Waals surface area contributed by atoms with Gasteiger partial charge in [0.25, 0.3) is 0 Å². The van der Waals surface area contributed by atoms with Crippen molar-refractivity contribution >= 4 is 28.6 Å². The van der Waals surface area contributed by atoms with E-state index in [2.05, 4.69) is 15.1 Å². The molecule has 30 heavy (non-hydrogen) atoms. The minimum atomic E-state index is -1.09. The lowest BCUT2D eigenvalue weighted by molar-refractivity contribution is 0.265. The van der Waals surface area contributed by atoms with E-state index in [0.29, 0.717) is 36.0 Å². The number of nitrogens with one attached hydrogen (secondary N) is 1. The summed E-state index contributed by atoms with van der Waals surface area (Å²) in [5.41, 5.74) is 1.60. The van der Waals surface area contributed by atoms with Gasteiger partial charge in [0.2, 0.25) is 10.8 Å². The maximum atomic E-state index is 13.3. The molecule has 4 heterocycles. The number of nitrogens with zero attached hydrogens (tertiary/aromatic N) is 4. The second-order valence-corrected chi connectivity index (χ2v) is 10.3. The summed E-state index contributed by atoms with van der Waals surface area (Å²) in [5.74, 6) is 1.69. The van der Waals surface area contributed by atoms with Gasteiger partial charge in [-0.3, -0.25) is 0 Å². The van der Waals surface area contributed by atoms with Crippen molar-refractivity contribution < 1.29 is 14.0 Å². The molecule has 2 N–H and O–H groups in total. The Morgan fingerprint density at radius 2 is 1.90 bits per heavy atom. The second kappa shape index (κ2) is 6.70. The van der Waals surface area contributed by atoms with Gasteiger partial charge in [-0.15, -0.1) is 0 Å². The lowest BCUT2D eigenvalue weighted by Crippen LogP contribution is -2.47. The molecule has 0 radical (unpaired) electrons. The summed E-state index contributed by atoms with van der Waals surface area (Å²) in [5, 5.41) is 13.1. The summed E-state index contributed by atoms with van der Waals surface area (Å²) in [6.07, 6.45) is 3.51. The molecular formula is C21H24FN5O2S. The van der Waals surface area contributed by atoms with Gasteiger partial charge >= 0.3 is 0 Å². The van der Waals surface area contributed by atoms with Crippen LogP contribution in [0.25, 0.3) is 0 Å². The van der Waals surface area contributed by atoms with Crippen molar-refractivity contribution in [3.8, 4) is 0 Å². The molecule has 9 heteroatoms. The molecular weight excluding hydrogens is 405 g/mol. The first-order chi connectivity index (χ1) is 14.5. The van der Waals surface area contributed by atoms with Crippen LogP contribution in [-0.2, 0) is 17.6 Å². The molecule has 6 rings (SSSR count). The third-order valence-corrected chi connectivity index (χ3v) is 8.33. The van der Waals surface area contributed by atoms with Crippen LogP contribution >= 0.6 is 0 Å². The zero-order valence-electron chi connectivity index (χ0n) is 16.6. The van der Waals surface area contributed by atoms with Gasteiger partial charge in [0.05, 0.1) is 18.2 Å². The number of aromatic nitrogens is 2. The van der Waals surface area contributed by atoms with E-state index in [1.54, 1.807) is 0 Å². The standard InChI is InChI=1S/C21H24FN5O2S/c22-13-1-3-14(4-2-13)26-10-16-9-15(26)11-27(16)20-23-17-5-8-30(29)18(17)19(24-20)25-21(12-28)6-7-21/h1-4,15-16,28H,5-12H2,(H,23,24,25). The van der Waals surface area contributed by atoms with Crippen molar-refractivity contribution in [2.75, 3.05) is 40.6 Å². The molecule has 2 aromatic rings. The first-order valence-corrected chi connectivity index (χ1v) is 11.8. The van der Waals surface area contributed by atoms with Gasteiger partial charge in [-0.2, -0.15) is 4.98 Å². The smallest absolute Gasteiger partial charge is 0.228 e. The highest BCUT2D eigenvalue weighted by Crippen LogP contribution is 2.43. The first-order valence-electron chi connectivity index (χ1n) is 10.5. The topological polar surface area (TPSA) is 87.6 Å². The predicted octanol–water partition coefficient (Wildman–Crippen LogP) is 1.68. The number of hydrogen-bond donors (Lipinski definition) is 2. The number of aliphatic hydroxyl groups excluding tert-OH is 1. The maximum absolute atomic E-state index is 13.3. The van der Waals surface area contributed by atoms with Gasteiger partial charge in [0, 0.05) is 31.2 Å². The highest BCUT2D eigenvalue weighted by Gasteiger charge is 2.47. The van der Waals surface area contributed by atoms with Gasteiger partial charge < -0.3 is 24.8 Å². The Hall–Kier alpha value is -2.10. The minimum Gasteiger partial charge on any atom is -0.611 e. The molecule has 1 saturated carbocycles. The van der Waals surface area contributed by atoms with Crippen molar-refractivity contribution in [3.05, 3.63) is 35.8 Å². The Balaban J connectivity index is 1.28. The lowest BCUT2D eigenvalue weighted by Gasteiger charge is -2.36. The van der Waals surface area contributed by atoms with Crippen LogP contribution in [0.15, 0.2) is 29.2 Å². The third-order valence-electron chi connectivity index (χ3n) is 6.87. The molecule has 0 spiro atoms. The predicted molar refractivity (Wildman–Crippen MR) is 113 cm³/mol. The van der Waals surface area contributed by atoms with Crippen molar-refractivity contribution in [1.82, 2.24) is 9.97 Å². The molecule has 3 aliphatic heterocycles. The highest BCUT2D eigenvalue weighted by molar-refractivity contribution is 7.91. The van der Waals surface area contributed by atoms with E-state index in [0.717, 1.165) is 48.6 Å². The first kappa shape index (κ1) is 18.7. The van der Waals surface area contributed by atoms with Gasteiger partial charge in [-0.05, 0) is 54.7 Å². The fourth-order valence-electron chi connectivity index (χ4n) is 4.98. The number of halogens is 1. The van der Waals surface area contributed by atoms with Crippen LogP contribution in [0.4, 0.5) is 21.8 Å². The SMILES string of the molecule is [O-][S+]1CCc2nc(N3CC4CC3CN4c3ccc(F)cc3)nc(NC3(CO)CC3)c21. The van der Waals surface area contributed by atoms with Gasteiger partial charge in [0.1, 0.15) is 17.3 Å². The van der Waals surface area contributed by atoms with Crippen LogP contribution < -0.4 is 15.1 Å². The summed E-state index contributed by atoms with van der Waals surface area (Å²) >= 11 is -1.09. The van der Waals surface area contributed by atoms with Crippen LogP contribution in [0.2, 0.25) is 0 Å². The van der Waals surface area contributed by atoms with Gasteiger partial charge in [0.15, 0.2) is 5.82 Å². The average Bonchev–Trinajstić information content (AvgIpc) is 3.07. The lowest BCUT2D eigenvalue weighted by atomic mass is 10.2. The number of benzene rings is 1. The molecule has 2 bridgehead atoms. The highest BCUT2D eigenvalue weighted by atomic mass is 32.2. The van der Waals surface area contributed by atoms with Crippen molar-refractivity contribution in [1.29, 1.82) is 0 Å². The van der Waals surface area contributed by atoms with Gasteiger partial charge in [-0.25, -0.2) is 9.37 Å². The third kappa shape index (κ3) is 2.94. The largest absolute Gasteiger partial charge is 0.611 e. The number of aryl methyl sites for hydroxylation is 1. The Morgan fingerprint density at radius 3 is 2.57 bits per heavy atom. The summed E-state index contributed by atoms with van der Waals surface area (Å²) in [4.78, 5) is 14.9. The van der Waals surface area contributed by atoms with E-state index in [1.807, 2.05) is 12.1 Å². The number of piperazine rings is 1. The fourth-order valence-corrected chi connectivity index (χ4v) is 6.29. The van der Waals surface area contributed by atoms with Crippen molar-refractivity contribution in [2.45, 2.75) is 48.2 Å². The molecule has 1 aromatic carbocycles. The maximum Gasteiger partial charge on any atom is 0.228 e. The van der Waals surface area contributed by atoms with Crippen molar-refractivity contribution in [2.24, 2.45) is 0 Å². The molecule has 2 saturated heterocycles. The molecule has 3 unspecified atom stereocenters. The van der Waals surface area contributed by atoms with E-state index in [1.165, 1.54) is 12.1 Å². The zero-order chi connectivity index (χ0) is 20.5. The zero-order valence-corrected chi connectivity index (χ0v) is 17.4. The Kier molecular flexibility index (Phi) is 4.16. The summed E-state index contributed by atoms with van der Waals surface area (Å²) < 4.78 is 25.8. The molecule has 7 nitrogen and oxygen atoms in total. The molecule has 3 atom stereocenters. The summed E-state index contributed by atoms with van der Waals surface area (Å²) in [7, 11) is 0. The fraction of sp³-hybridized carbons (Fsp3) is 0.524. The number of fused-ring (bicyclic) bond motifs is 3. The normalized spacial score (nSPS) is 28.2. The summed E-state index contributed by atoms with van der Waals surface area (Å²) in [6, 6.07) is 7.34. The van der Waals surface area contributed by atoms with Crippen LogP contribution in [0.3, 0.4) is 0 Å². The monoisotopic (exact) mass is 429 g/mol.